The molecule has 0 aliphatic heterocycles. The lowest BCUT2D eigenvalue weighted by atomic mass is 9.98. The van der Waals surface area contributed by atoms with Gasteiger partial charge in [0.25, 0.3) is 0 Å². The molecule has 1 aromatic heterocycles. The predicted molar refractivity (Wildman–Crippen MR) is 80.5 cm³/mol. The van der Waals surface area contributed by atoms with Gasteiger partial charge in [0.2, 0.25) is 5.82 Å². The van der Waals surface area contributed by atoms with E-state index in [9.17, 15) is 20.3 Å². The fourth-order valence-electron chi connectivity index (χ4n) is 1.73. The van der Waals surface area contributed by atoms with E-state index in [0.29, 0.717) is 18.8 Å². The summed E-state index contributed by atoms with van der Waals surface area (Å²) >= 11 is 0. The van der Waals surface area contributed by atoms with Crippen molar-refractivity contribution < 1.29 is 15.1 Å². The topological polar surface area (TPSA) is 121 Å². The molecule has 1 heterocycles. The Hall–Kier alpha value is -1.93. The fourth-order valence-corrected chi connectivity index (χ4v) is 1.73. The van der Waals surface area contributed by atoms with Gasteiger partial charge in [0.1, 0.15) is 5.82 Å². The Morgan fingerprint density at radius 3 is 2.48 bits per heavy atom. The molecule has 8 heteroatoms. The number of anilines is 2. The van der Waals surface area contributed by atoms with Crippen LogP contribution in [0, 0.1) is 10.1 Å². The molecule has 0 aromatic carbocycles. The first-order valence-corrected chi connectivity index (χ1v) is 6.91. The number of rotatable bonds is 9. The average molecular weight is 298 g/mol. The first kappa shape index (κ1) is 17.1. The van der Waals surface area contributed by atoms with Gasteiger partial charge in [-0.3, -0.25) is 10.1 Å². The van der Waals surface area contributed by atoms with Gasteiger partial charge in [-0.1, -0.05) is 13.8 Å². The molecule has 0 amide bonds. The maximum Gasteiger partial charge on any atom is 0.311 e. The fraction of sp³-hybridized carbons (Fsp3) is 0.615. The van der Waals surface area contributed by atoms with E-state index in [-0.39, 0.29) is 24.7 Å². The maximum absolute atomic E-state index is 11.1. The molecule has 1 rings (SSSR count). The number of aliphatic hydroxyl groups is 2. The summed E-state index contributed by atoms with van der Waals surface area (Å²) in [6, 6.07) is 2.88. The van der Waals surface area contributed by atoms with Gasteiger partial charge < -0.3 is 20.8 Å². The van der Waals surface area contributed by atoms with Crippen LogP contribution in [0.15, 0.2) is 12.1 Å². The number of hydrogen-bond acceptors (Lipinski definition) is 7. The van der Waals surface area contributed by atoms with Crippen LogP contribution in [-0.2, 0) is 0 Å². The molecule has 0 saturated carbocycles. The number of aliphatic hydroxyl groups excluding tert-OH is 2. The molecule has 0 atom stereocenters. The normalized spacial score (nSPS) is 11.2. The van der Waals surface area contributed by atoms with Crippen molar-refractivity contribution >= 4 is 17.3 Å². The predicted octanol–water partition coefficient (Wildman–Crippen LogP) is 1.36. The molecule has 21 heavy (non-hydrogen) atoms. The second-order valence-corrected chi connectivity index (χ2v) is 4.82. The van der Waals surface area contributed by atoms with E-state index in [1.807, 2.05) is 6.92 Å². The van der Waals surface area contributed by atoms with Gasteiger partial charge in [0.05, 0.1) is 23.7 Å². The third-order valence-electron chi connectivity index (χ3n) is 3.29. The second kappa shape index (κ2) is 7.75. The molecule has 0 spiro atoms. The van der Waals surface area contributed by atoms with Gasteiger partial charge in [0, 0.05) is 12.6 Å². The zero-order chi connectivity index (χ0) is 15.9. The van der Waals surface area contributed by atoms with Crippen molar-refractivity contribution in [1.82, 2.24) is 4.98 Å². The molecule has 0 aliphatic carbocycles. The Balaban J connectivity index is 3.13. The van der Waals surface area contributed by atoms with Crippen molar-refractivity contribution in [3.8, 4) is 0 Å². The first-order valence-electron chi connectivity index (χ1n) is 6.91. The number of aromatic nitrogens is 1. The quantitative estimate of drug-likeness (QED) is 0.401. The number of pyridine rings is 1. The maximum atomic E-state index is 11.1. The van der Waals surface area contributed by atoms with Crippen molar-refractivity contribution in [2.24, 2.45) is 0 Å². The van der Waals surface area contributed by atoms with E-state index in [4.69, 9.17) is 0 Å². The molecule has 0 aliphatic rings. The highest BCUT2D eigenvalue weighted by atomic mass is 16.6. The largest absolute Gasteiger partial charge is 0.394 e. The summed E-state index contributed by atoms with van der Waals surface area (Å²) in [6.45, 7) is 3.75. The van der Waals surface area contributed by atoms with Crippen LogP contribution in [0.25, 0.3) is 0 Å². The second-order valence-electron chi connectivity index (χ2n) is 4.82. The molecule has 0 radical (unpaired) electrons. The van der Waals surface area contributed by atoms with E-state index in [1.54, 1.807) is 6.92 Å². The molecule has 118 valence electrons. The smallest absolute Gasteiger partial charge is 0.311 e. The van der Waals surface area contributed by atoms with Gasteiger partial charge in [-0.2, -0.15) is 0 Å². The summed E-state index contributed by atoms with van der Waals surface area (Å²) in [5.74, 6) is 0.539. The standard InChI is InChI=1S/C13H22N4O4/c1-3-7-14-11-6-5-10(17(20)21)12(15-11)16-13(4-2,8-18)9-19/h5-6,18-19H,3-4,7-9H2,1-2H3,(H2,14,15,16). The molecule has 1 aromatic rings. The van der Waals surface area contributed by atoms with E-state index >= 15 is 0 Å². The van der Waals surface area contributed by atoms with Crippen molar-refractivity contribution in [1.29, 1.82) is 0 Å². The minimum Gasteiger partial charge on any atom is -0.394 e. The monoisotopic (exact) mass is 298 g/mol. The lowest BCUT2D eigenvalue weighted by Crippen LogP contribution is -2.45. The van der Waals surface area contributed by atoms with Crippen LogP contribution in [0.1, 0.15) is 26.7 Å². The van der Waals surface area contributed by atoms with Crippen LogP contribution < -0.4 is 10.6 Å². The third kappa shape index (κ3) is 4.27. The summed E-state index contributed by atoms with van der Waals surface area (Å²) in [7, 11) is 0. The van der Waals surface area contributed by atoms with Crippen LogP contribution in [0.3, 0.4) is 0 Å². The van der Waals surface area contributed by atoms with Gasteiger partial charge in [0.15, 0.2) is 0 Å². The first-order chi connectivity index (χ1) is 10.0. The van der Waals surface area contributed by atoms with Crippen LogP contribution in [0.5, 0.6) is 0 Å². The number of nitrogens with zero attached hydrogens (tertiary/aromatic N) is 2. The molecular weight excluding hydrogens is 276 g/mol. The third-order valence-corrected chi connectivity index (χ3v) is 3.29. The van der Waals surface area contributed by atoms with Crippen molar-refractivity contribution in [3.05, 3.63) is 22.2 Å². The SMILES string of the molecule is CCCNc1ccc([N+](=O)[O-])c(NC(CC)(CO)CO)n1. The van der Waals surface area contributed by atoms with Crippen molar-refractivity contribution in [3.63, 3.8) is 0 Å². The van der Waals surface area contributed by atoms with Crippen LogP contribution >= 0.6 is 0 Å². The highest BCUT2D eigenvalue weighted by Crippen LogP contribution is 2.27. The van der Waals surface area contributed by atoms with Gasteiger partial charge in [-0.05, 0) is 18.9 Å². The van der Waals surface area contributed by atoms with Crippen LogP contribution in [0.4, 0.5) is 17.3 Å². The number of nitro groups is 1. The van der Waals surface area contributed by atoms with E-state index in [2.05, 4.69) is 15.6 Å². The molecule has 0 unspecified atom stereocenters. The zero-order valence-electron chi connectivity index (χ0n) is 12.3. The number of hydrogen-bond donors (Lipinski definition) is 4. The molecular formula is C13H22N4O4. The molecule has 0 saturated heterocycles. The average Bonchev–Trinajstić information content (AvgIpc) is 2.50. The van der Waals surface area contributed by atoms with Crippen molar-refractivity contribution in [2.75, 3.05) is 30.4 Å². The lowest BCUT2D eigenvalue weighted by Gasteiger charge is -2.30. The van der Waals surface area contributed by atoms with Crippen LogP contribution in [0.2, 0.25) is 0 Å². The summed E-state index contributed by atoms with van der Waals surface area (Å²) in [4.78, 5) is 14.7. The van der Waals surface area contributed by atoms with Gasteiger partial charge >= 0.3 is 5.69 Å². The van der Waals surface area contributed by atoms with Crippen LogP contribution in [-0.4, -0.2) is 45.4 Å². The Labute approximate surface area is 123 Å². The lowest BCUT2D eigenvalue weighted by molar-refractivity contribution is -0.384. The Morgan fingerprint density at radius 1 is 1.33 bits per heavy atom. The molecule has 8 nitrogen and oxygen atoms in total. The zero-order valence-corrected chi connectivity index (χ0v) is 12.3. The summed E-state index contributed by atoms with van der Waals surface area (Å²) in [5, 5.41) is 35.8. The molecule has 0 bridgehead atoms. The van der Waals surface area contributed by atoms with E-state index < -0.39 is 10.5 Å². The Bertz CT molecular complexity index is 469. The highest BCUT2D eigenvalue weighted by molar-refractivity contribution is 5.61. The van der Waals surface area contributed by atoms with Gasteiger partial charge in [-0.15, -0.1) is 0 Å². The molecule has 4 N–H and O–H groups in total. The van der Waals surface area contributed by atoms with Gasteiger partial charge in [-0.25, -0.2) is 4.98 Å². The summed E-state index contributed by atoms with van der Waals surface area (Å²) < 4.78 is 0. The number of nitrogens with one attached hydrogen (secondary N) is 2. The Morgan fingerprint density at radius 2 is 2.00 bits per heavy atom. The highest BCUT2D eigenvalue weighted by Gasteiger charge is 2.30. The minimum atomic E-state index is -1.04. The molecule has 0 fully saturated rings. The summed E-state index contributed by atoms with van der Waals surface area (Å²) in [6.07, 6.45) is 1.29. The minimum absolute atomic E-state index is 0.0334. The Kier molecular flexibility index (Phi) is 6.32. The van der Waals surface area contributed by atoms with E-state index in [0.717, 1.165) is 6.42 Å². The van der Waals surface area contributed by atoms with Crippen molar-refractivity contribution in [2.45, 2.75) is 32.2 Å². The van der Waals surface area contributed by atoms with E-state index in [1.165, 1.54) is 12.1 Å². The summed E-state index contributed by atoms with van der Waals surface area (Å²) in [5.41, 5.74) is -1.24.